The van der Waals surface area contributed by atoms with Crippen LogP contribution in [0.15, 0.2) is 54.6 Å². The second-order valence-electron chi connectivity index (χ2n) is 5.05. The number of hydrogen-bond acceptors (Lipinski definition) is 1. The van der Waals surface area contributed by atoms with E-state index in [0.29, 0.717) is 6.04 Å². The van der Waals surface area contributed by atoms with Crippen LogP contribution in [0.5, 0.6) is 0 Å². The van der Waals surface area contributed by atoms with Crippen LogP contribution in [0.2, 0.25) is 0 Å². The van der Waals surface area contributed by atoms with Gasteiger partial charge in [-0.1, -0.05) is 61.9 Å². The van der Waals surface area contributed by atoms with E-state index >= 15 is 0 Å². The van der Waals surface area contributed by atoms with E-state index in [4.69, 9.17) is 0 Å². The maximum atomic E-state index is 13.6. The molecule has 1 N–H and O–H groups in total. The van der Waals surface area contributed by atoms with Crippen molar-refractivity contribution in [3.8, 4) is 0 Å². The van der Waals surface area contributed by atoms with Crippen molar-refractivity contribution >= 4 is 0 Å². The van der Waals surface area contributed by atoms with Crippen LogP contribution in [-0.4, -0.2) is 6.54 Å². The van der Waals surface area contributed by atoms with Crippen LogP contribution in [0, 0.1) is 5.82 Å². The summed E-state index contributed by atoms with van der Waals surface area (Å²) in [5.41, 5.74) is 2.09. The van der Waals surface area contributed by atoms with Gasteiger partial charge in [0.15, 0.2) is 0 Å². The van der Waals surface area contributed by atoms with Crippen LogP contribution in [0.4, 0.5) is 4.39 Å². The lowest BCUT2D eigenvalue weighted by Crippen LogP contribution is -2.24. The normalized spacial score (nSPS) is 12.3. The third kappa shape index (κ3) is 4.17. The lowest BCUT2D eigenvalue weighted by molar-refractivity contribution is 0.493. The molecule has 106 valence electrons. The van der Waals surface area contributed by atoms with Crippen molar-refractivity contribution in [2.75, 3.05) is 6.54 Å². The first-order valence-electron chi connectivity index (χ1n) is 7.33. The Hall–Kier alpha value is -1.67. The SMILES string of the molecule is CCCC(NCCc1ccccc1F)c1ccccc1. The summed E-state index contributed by atoms with van der Waals surface area (Å²) in [6.07, 6.45) is 2.95. The molecule has 2 heteroatoms. The van der Waals surface area contributed by atoms with E-state index < -0.39 is 0 Å². The third-order valence-electron chi connectivity index (χ3n) is 3.52. The lowest BCUT2D eigenvalue weighted by Gasteiger charge is -2.18. The summed E-state index contributed by atoms with van der Waals surface area (Å²) in [5, 5.41) is 3.55. The van der Waals surface area contributed by atoms with Crippen molar-refractivity contribution in [3.05, 3.63) is 71.5 Å². The number of hydrogen-bond donors (Lipinski definition) is 1. The third-order valence-corrected chi connectivity index (χ3v) is 3.52. The molecule has 1 unspecified atom stereocenters. The molecule has 2 aromatic rings. The van der Waals surface area contributed by atoms with Gasteiger partial charge in [-0.25, -0.2) is 4.39 Å². The largest absolute Gasteiger partial charge is 0.310 e. The predicted molar refractivity (Wildman–Crippen MR) is 82.2 cm³/mol. The molecular formula is C18H22FN. The first-order valence-corrected chi connectivity index (χ1v) is 7.33. The van der Waals surface area contributed by atoms with E-state index in [1.807, 2.05) is 18.2 Å². The highest BCUT2D eigenvalue weighted by atomic mass is 19.1. The van der Waals surface area contributed by atoms with Crippen molar-refractivity contribution in [3.63, 3.8) is 0 Å². The summed E-state index contributed by atoms with van der Waals surface area (Å²) in [7, 11) is 0. The number of nitrogens with one attached hydrogen (secondary N) is 1. The molecular weight excluding hydrogens is 249 g/mol. The quantitative estimate of drug-likeness (QED) is 0.782. The van der Waals surface area contributed by atoms with Gasteiger partial charge in [0, 0.05) is 6.04 Å². The van der Waals surface area contributed by atoms with Gasteiger partial charge in [-0.3, -0.25) is 0 Å². The maximum absolute atomic E-state index is 13.6. The fourth-order valence-corrected chi connectivity index (χ4v) is 2.44. The Bertz CT molecular complexity index is 510. The molecule has 20 heavy (non-hydrogen) atoms. The van der Waals surface area contributed by atoms with Gasteiger partial charge in [0.2, 0.25) is 0 Å². The van der Waals surface area contributed by atoms with Gasteiger partial charge >= 0.3 is 0 Å². The minimum Gasteiger partial charge on any atom is -0.310 e. The minimum atomic E-state index is -0.110. The topological polar surface area (TPSA) is 12.0 Å². The molecule has 0 bridgehead atoms. The zero-order chi connectivity index (χ0) is 14.2. The highest BCUT2D eigenvalue weighted by Gasteiger charge is 2.09. The molecule has 0 saturated heterocycles. The van der Waals surface area contributed by atoms with E-state index in [1.54, 1.807) is 6.07 Å². The van der Waals surface area contributed by atoms with Crippen LogP contribution in [0.1, 0.15) is 36.9 Å². The van der Waals surface area contributed by atoms with Crippen molar-refractivity contribution < 1.29 is 4.39 Å². The van der Waals surface area contributed by atoms with E-state index in [9.17, 15) is 4.39 Å². The number of halogens is 1. The summed E-state index contributed by atoms with van der Waals surface area (Å²) in [4.78, 5) is 0. The Labute approximate surface area is 120 Å². The molecule has 1 nitrogen and oxygen atoms in total. The highest BCUT2D eigenvalue weighted by Crippen LogP contribution is 2.18. The van der Waals surface area contributed by atoms with Gasteiger partial charge in [0.25, 0.3) is 0 Å². The lowest BCUT2D eigenvalue weighted by atomic mass is 10.0. The fourth-order valence-electron chi connectivity index (χ4n) is 2.44. The van der Waals surface area contributed by atoms with Crippen LogP contribution in [0.25, 0.3) is 0 Å². The second-order valence-corrected chi connectivity index (χ2v) is 5.05. The molecule has 2 rings (SSSR count). The van der Waals surface area contributed by atoms with Gasteiger partial charge in [-0.05, 0) is 36.6 Å². The van der Waals surface area contributed by atoms with Crippen molar-refractivity contribution in [1.82, 2.24) is 5.32 Å². The molecule has 0 saturated carbocycles. The summed E-state index contributed by atoms with van der Waals surface area (Å²) in [6.45, 7) is 2.98. The van der Waals surface area contributed by atoms with Gasteiger partial charge in [0.05, 0.1) is 0 Å². The fraction of sp³-hybridized carbons (Fsp3) is 0.333. The van der Waals surface area contributed by atoms with E-state index in [2.05, 4.69) is 36.5 Å². The maximum Gasteiger partial charge on any atom is 0.126 e. The summed E-state index contributed by atoms with van der Waals surface area (Å²) in [6, 6.07) is 17.8. The van der Waals surface area contributed by atoms with Gasteiger partial charge in [0.1, 0.15) is 5.82 Å². The molecule has 2 aromatic carbocycles. The predicted octanol–water partition coefficient (Wildman–Crippen LogP) is 4.50. The monoisotopic (exact) mass is 271 g/mol. The standard InChI is InChI=1S/C18H22FN/c1-2-8-18(16-10-4-3-5-11-16)20-14-13-15-9-6-7-12-17(15)19/h3-7,9-12,18,20H,2,8,13-14H2,1H3. The summed E-state index contributed by atoms with van der Waals surface area (Å²) < 4.78 is 13.6. The van der Waals surface area contributed by atoms with E-state index in [-0.39, 0.29) is 5.82 Å². The number of benzene rings is 2. The van der Waals surface area contributed by atoms with Crippen LogP contribution < -0.4 is 5.32 Å². The Kier molecular flexibility index (Phi) is 5.75. The van der Waals surface area contributed by atoms with E-state index in [0.717, 1.165) is 31.4 Å². The van der Waals surface area contributed by atoms with Crippen molar-refractivity contribution in [2.24, 2.45) is 0 Å². The molecule has 0 spiro atoms. The Morgan fingerprint density at radius 2 is 1.70 bits per heavy atom. The molecule has 0 heterocycles. The number of rotatable bonds is 7. The van der Waals surface area contributed by atoms with Gasteiger partial charge in [-0.15, -0.1) is 0 Å². The zero-order valence-corrected chi connectivity index (χ0v) is 12.0. The van der Waals surface area contributed by atoms with Crippen LogP contribution in [0.3, 0.4) is 0 Å². The van der Waals surface area contributed by atoms with Crippen LogP contribution in [-0.2, 0) is 6.42 Å². The smallest absolute Gasteiger partial charge is 0.126 e. The molecule has 0 fully saturated rings. The summed E-state index contributed by atoms with van der Waals surface area (Å²) >= 11 is 0. The van der Waals surface area contributed by atoms with Gasteiger partial charge < -0.3 is 5.32 Å². The Morgan fingerprint density at radius 1 is 1.00 bits per heavy atom. The Balaban J connectivity index is 1.92. The average molecular weight is 271 g/mol. The molecule has 0 aliphatic heterocycles. The molecule has 0 aliphatic carbocycles. The first kappa shape index (κ1) is 14.7. The van der Waals surface area contributed by atoms with Crippen LogP contribution >= 0.6 is 0 Å². The van der Waals surface area contributed by atoms with Crippen molar-refractivity contribution in [2.45, 2.75) is 32.2 Å². The second kappa shape index (κ2) is 7.81. The summed E-state index contributed by atoms with van der Waals surface area (Å²) in [5.74, 6) is -0.110. The average Bonchev–Trinajstić information content (AvgIpc) is 2.49. The zero-order valence-electron chi connectivity index (χ0n) is 12.0. The van der Waals surface area contributed by atoms with Gasteiger partial charge in [-0.2, -0.15) is 0 Å². The highest BCUT2D eigenvalue weighted by molar-refractivity contribution is 5.20. The minimum absolute atomic E-state index is 0.110. The molecule has 0 aromatic heterocycles. The molecule has 0 radical (unpaired) electrons. The molecule has 0 aliphatic rings. The molecule has 0 amide bonds. The molecule has 1 atom stereocenters. The van der Waals surface area contributed by atoms with E-state index in [1.165, 1.54) is 11.6 Å². The first-order chi connectivity index (χ1) is 9.81. The Morgan fingerprint density at radius 3 is 2.40 bits per heavy atom. The van der Waals surface area contributed by atoms with Crippen molar-refractivity contribution in [1.29, 1.82) is 0 Å².